The molecule has 0 bridgehead atoms. The highest BCUT2D eigenvalue weighted by Gasteiger charge is 2.56. The molecule has 0 N–H and O–H groups in total. The van der Waals surface area contributed by atoms with Crippen molar-refractivity contribution in [2.24, 2.45) is 0 Å². The number of halogens is 1. The highest BCUT2D eigenvalue weighted by molar-refractivity contribution is 8.01. The number of ketones is 1. The van der Waals surface area contributed by atoms with Gasteiger partial charge in [0, 0.05) is 41.4 Å². The molecular formula is C21H21FN2O4S. The molecule has 0 saturated carbocycles. The topological polar surface area (TPSA) is 68.6 Å². The molecule has 152 valence electrons. The van der Waals surface area contributed by atoms with Gasteiger partial charge < -0.3 is 14.2 Å². The van der Waals surface area contributed by atoms with Crippen molar-refractivity contribution < 1.29 is 23.5 Å². The summed E-state index contributed by atoms with van der Waals surface area (Å²) in [6, 6.07) is 7.85. The summed E-state index contributed by atoms with van der Waals surface area (Å²) in [5.41, 5.74) is 2.48. The second-order valence-electron chi connectivity index (χ2n) is 7.28. The van der Waals surface area contributed by atoms with Gasteiger partial charge in [-0.15, -0.1) is 11.8 Å². The van der Waals surface area contributed by atoms with Gasteiger partial charge in [-0.25, -0.2) is 9.18 Å². The van der Waals surface area contributed by atoms with E-state index < -0.39 is 17.4 Å². The first-order chi connectivity index (χ1) is 13.8. The van der Waals surface area contributed by atoms with Crippen molar-refractivity contribution in [3.05, 3.63) is 53.1 Å². The fraction of sp³-hybridized carbons (Fsp3) is 0.381. The Morgan fingerprint density at radius 1 is 1.28 bits per heavy atom. The van der Waals surface area contributed by atoms with E-state index in [1.165, 1.54) is 23.9 Å². The molecule has 2 aliphatic heterocycles. The Kier molecular flexibility index (Phi) is 4.98. The number of carbonyl (C=O) groups excluding carboxylic acids is 3. The minimum Gasteiger partial charge on any atom is -0.455 e. The van der Waals surface area contributed by atoms with Crippen LogP contribution < -0.4 is 0 Å². The van der Waals surface area contributed by atoms with Gasteiger partial charge >= 0.3 is 5.97 Å². The number of fused-ring (bicyclic) bond motifs is 1. The third kappa shape index (κ3) is 3.25. The monoisotopic (exact) mass is 416 g/mol. The van der Waals surface area contributed by atoms with Crippen molar-refractivity contribution >= 4 is 29.4 Å². The number of thioether (sulfide) groups is 1. The normalized spacial score (nSPS) is 20.8. The molecule has 0 radical (unpaired) electrons. The molecule has 1 aromatic heterocycles. The zero-order valence-electron chi connectivity index (χ0n) is 16.2. The molecule has 4 rings (SSSR count). The molecule has 2 aromatic rings. The Morgan fingerprint density at radius 2 is 2.07 bits per heavy atom. The van der Waals surface area contributed by atoms with Crippen molar-refractivity contribution in [2.45, 2.75) is 31.6 Å². The molecule has 0 aliphatic carbocycles. The van der Waals surface area contributed by atoms with Gasteiger partial charge in [0.1, 0.15) is 5.82 Å². The molecule has 0 spiro atoms. The summed E-state index contributed by atoms with van der Waals surface area (Å²) in [5.74, 6) is -0.580. The zero-order chi connectivity index (χ0) is 20.8. The van der Waals surface area contributed by atoms with Crippen LogP contribution in [0.2, 0.25) is 0 Å². The van der Waals surface area contributed by atoms with Crippen molar-refractivity contribution in [1.82, 2.24) is 9.47 Å². The first-order valence-corrected chi connectivity index (χ1v) is 10.4. The van der Waals surface area contributed by atoms with Crippen LogP contribution in [0.25, 0.3) is 5.69 Å². The SMILES string of the molecule is Cc1cc(C(=O)COC(=O)[C@@]23CCC(=O)N2CCS3)c(C)n1-c1cccc(F)c1. The maximum absolute atomic E-state index is 13.6. The number of aryl methyl sites for hydroxylation is 1. The summed E-state index contributed by atoms with van der Waals surface area (Å²) in [6.07, 6.45) is 0.739. The van der Waals surface area contributed by atoms with Crippen molar-refractivity contribution in [2.75, 3.05) is 18.9 Å². The van der Waals surface area contributed by atoms with E-state index in [-0.39, 0.29) is 17.5 Å². The number of rotatable bonds is 5. The lowest BCUT2D eigenvalue weighted by molar-refractivity contribution is -0.152. The number of benzene rings is 1. The summed E-state index contributed by atoms with van der Waals surface area (Å²) < 4.78 is 20.7. The number of hydrogen-bond acceptors (Lipinski definition) is 5. The third-order valence-electron chi connectivity index (χ3n) is 5.52. The van der Waals surface area contributed by atoms with Crippen molar-refractivity contribution in [3.63, 3.8) is 0 Å². The van der Waals surface area contributed by atoms with E-state index in [4.69, 9.17) is 4.74 Å². The molecule has 1 aromatic carbocycles. The van der Waals surface area contributed by atoms with Crippen LogP contribution in [0.3, 0.4) is 0 Å². The molecule has 2 saturated heterocycles. The maximum atomic E-state index is 13.6. The second kappa shape index (κ2) is 7.33. The van der Waals surface area contributed by atoms with Gasteiger partial charge in [-0.3, -0.25) is 9.59 Å². The molecule has 1 atom stereocenters. The fourth-order valence-electron chi connectivity index (χ4n) is 4.16. The quantitative estimate of drug-likeness (QED) is 0.554. The van der Waals surface area contributed by atoms with Gasteiger partial charge in [-0.1, -0.05) is 6.07 Å². The van der Waals surface area contributed by atoms with E-state index in [9.17, 15) is 18.8 Å². The standard InChI is InChI=1S/C21H21FN2O4S/c1-13-10-17(14(2)24(13)16-5-3-4-15(22)11-16)18(25)12-28-20(27)21-7-6-19(26)23(21)8-9-29-21/h3-5,10-11H,6-9,12H2,1-2H3/t21-/m0/s1. The summed E-state index contributed by atoms with van der Waals surface area (Å²) in [6.45, 7) is 3.74. The number of carbonyl (C=O) groups is 3. The average molecular weight is 416 g/mol. The van der Waals surface area contributed by atoms with E-state index in [2.05, 4.69) is 0 Å². The van der Waals surface area contributed by atoms with E-state index in [0.29, 0.717) is 42.1 Å². The number of aromatic nitrogens is 1. The van der Waals surface area contributed by atoms with Crippen LogP contribution in [0.4, 0.5) is 4.39 Å². The lowest BCUT2D eigenvalue weighted by atomic mass is 10.1. The molecule has 6 nitrogen and oxygen atoms in total. The molecule has 2 aliphatic rings. The number of Topliss-reactive ketones (excluding diaryl/α,β-unsaturated/α-hetero) is 1. The number of nitrogens with zero attached hydrogens (tertiary/aromatic N) is 2. The fourth-order valence-corrected chi connectivity index (χ4v) is 5.54. The summed E-state index contributed by atoms with van der Waals surface area (Å²) in [4.78, 5) is 38.0. The third-order valence-corrected chi connectivity index (χ3v) is 6.98. The molecule has 0 unspecified atom stereocenters. The minimum absolute atomic E-state index is 0.0445. The van der Waals surface area contributed by atoms with Crippen LogP contribution in [-0.4, -0.2) is 50.9 Å². The predicted octanol–water partition coefficient (Wildman–Crippen LogP) is 3.02. The van der Waals surface area contributed by atoms with Gasteiger partial charge in [-0.2, -0.15) is 0 Å². The largest absolute Gasteiger partial charge is 0.455 e. The molecular weight excluding hydrogens is 395 g/mol. The highest BCUT2D eigenvalue weighted by Crippen LogP contribution is 2.45. The second-order valence-corrected chi connectivity index (χ2v) is 8.65. The lowest BCUT2D eigenvalue weighted by Crippen LogP contribution is -2.46. The first-order valence-electron chi connectivity index (χ1n) is 9.43. The van der Waals surface area contributed by atoms with E-state index >= 15 is 0 Å². The Bertz CT molecular complexity index is 1020. The van der Waals surface area contributed by atoms with Crippen molar-refractivity contribution in [3.8, 4) is 5.69 Å². The van der Waals surface area contributed by atoms with E-state index in [1.807, 2.05) is 6.92 Å². The number of ether oxygens (including phenoxy) is 1. The van der Waals surface area contributed by atoms with Crippen molar-refractivity contribution in [1.29, 1.82) is 0 Å². The highest BCUT2D eigenvalue weighted by atomic mass is 32.2. The predicted molar refractivity (Wildman–Crippen MR) is 107 cm³/mol. The lowest BCUT2D eigenvalue weighted by Gasteiger charge is -2.28. The van der Waals surface area contributed by atoms with Gasteiger partial charge in [0.05, 0.1) is 0 Å². The molecule has 1 amide bonds. The van der Waals surface area contributed by atoms with Gasteiger partial charge in [-0.05, 0) is 44.5 Å². The van der Waals surface area contributed by atoms with E-state index in [1.54, 1.807) is 34.6 Å². The average Bonchev–Trinajstić information content (AvgIpc) is 3.34. The Morgan fingerprint density at radius 3 is 2.83 bits per heavy atom. The van der Waals surface area contributed by atoms with Gasteiger partial charge in [0.25, 0.3) is 0 Å². The van der Waals surface area contributed by atoms with Crippen LogP contribution in [0.15, 0.2) is 30.3 Å². The summed E-state index contributed by atoms with van der Waals surface area (Å²) in [7, 11) is 0. The van der Waals surface area contributed by atoms with Crippen LogP contribution >= 0.6 is 11.8 Å². The number of esters is 1. The Labute approximate surface area is 172 Å². The Balaban J connectivity index is 1.50. The maximum Gasteiger partial charge on any atom is 0.343 e. The minimum atomic E-state index is -0.976. The van der Waals surface area contributed by atoms with Gasteiger partial charge in [0.2, 0.25) is 11.7 Å². The van der Waals surface area contributed by atoms with E-state index in [0.717, 1.165) is 5.69 Å². The number of hydrogen-bond donors (Lipinski definition) is 0. The van der Waals surface area contributed by atoms with Gasteiger partial charge in [0.15, 0.2) is 11.5 Å². The van der Waals surface area contributed by atoms with Crippen LogP contribution in [0.1, 0.15) is 34.6 Å². The first kappa shape index (κ1) is 19.7. The molecule has 8 heteroatoms. The Hall–Kier alpha value is -2.61. The molecule has 2 fully saturated rings. The summed E-state index contributed by atoms with van der Waals surface area (Å²) >= 11 is 1.41. The van der Waals surface area contributed by atoms with Crippen LogP contribution in [0, 0.1) is 19.7 Å². The summed E-state index contributed by atoms with van der Waals surface area (Å²) in [5, 5.41) is 0. The van der Waals surface area contributed by atoms with Crippen LogP contribution in [0.5, 0.6) is 0 Å². The molecule has 3 heterocycles. The zero-order valence-corrected chi connectivity index (χ0v) is 17.1. The molecule has 29 heavy (non-hydrogen) atoms. The van der Waals surface area contributed by atoms with Crippen LogP contribution in [-0.2, 0) is 14.3 Å². The smallest absolute Gasteiger partial charge is 0.343 e. The number of amides is 1.